The summed E-state index contributed by atoms with van der Waals surface area (Å²) in [4.78, 5) is 10.7. The maximum atomic E-state index is 10.7. The second-order valence-corrected chi connectivity index (χ2v) is 4.23. The highest BCUT2D eigenvalue weighted by atomic mass is 16.5. The first-order valence-electron chi connectivity index (χ1n) is 6.55. The molecule has 0 aliphatic carbocycles. The minimum Gasteiger partial charge on any atom is -0.380 e. The van der Waals surface area contributed by atoms with Crippen LogP contribution in [0.15, 0.2) is 0 Å². The molecule has 0 aliphatic heterocycles. The molecule has 96 valence electrons. The molecule has 0 aromatic rings. The molecule has 1 N–H and O–H groups in total. The van der Waals surface area contributed by atoms with Crippen LogP contribution in [0.25, 0.3) is 0 Å². The molecule has 16 heavy (non-hydrogen) atoms. The van der Waals surface area contributed by atoms with Gasteiger partial charge in [-0.25, -0.2) is 0 Å². The lowest BCUT2D eigenvalue weighted by Gasteiger charge is -2.05. The molecule has 0 saturated carbocycles. The van der Waals surface area contributed by atoms with Crippen molar-refractivity contribution >= 4 is 5.78 Å². The predicted molar refractivity (Wildman–Crippen MR) is 67.7 cm³/mol. The van der Waals surface area contributed by atoms with E-state index in [2.05, 4.69) is 12.2 Å². The zero-order valence-corrected chi connectivity index (χ0v) is 10.9. The lowest BCUT2D eigenvalue weighted by molar-refractivity contribution is -0.117. The zero-order chi connectivity index (χ0) is 12.1. The maximum Gasteiger partial charge on any atom is 0.129 e. The van der Waals surface area contributed by atoms with Crippen LogP contribution in [0.3, 0.4) is 0 Å². The summed E-state index contributed by atoms with van der Waals surface area (Å²) in [6.45, 7) is 7.50. The number of Topliss-reactive ketones (excluding diaryl/α,β-unsaturated/α-hetero) is 1. The summed E-state index contributed by atoms with van der Waals surface area (Å²) in [6.07, 6.45) is 6.42. The second kappa shape index (κ2) is 12.7. The van der Waals surface area contributed by atoms with E-state index in [1.807, 2.05) is 0 Å². The molecule has 0 heterocycles. The van der Waals surface area contributed by atoms with Gasteiger partial charge in [0.25, 0.3) is 0 Å². The fourth-order valence-electron chi connectivity index (χ4n) is 1.42. The van der Waals surface area contributed by atoms with Gasteiger partial charge in [-0.3, -0.25) is 0 Å². The molecule has 0 atom stereocenters. The summed E-state index contributed by atoms with van der Waals surface area (Å²) in [7, 11) is 0. The molecule has 3 nitrogen and oxygen atoms in total. The predicted octanol–water partition coefficient (Wildman–Crippen LogP) is 2.54. The third-order valence-corrected chi connectivity index (χ3v) is 2.45. The van der Waals surface area contributed by atoms with Gasteiger partial charge in [-0.15, -0.1) is 0 Å². The Kier molecular flexibility index (Phi) is 12.3. The van der Waals surface area contributed by atoms with Crippen LogP contribution in [-0.2, 0) is 9.53 Å². The molecule has 0 fully saturated rings. The van der Waals surface area contributed by atoms with Gasteiger partial charge in [-0.2, -0.15) is 0 Å². The summed E-state index contributed by atoms with van der Waals surface area (Å²) in [5, 5.41) is 3.34. The van der Waals surface area contributed by atoms with Crippen molar-refractivity contribution in [2.75, 3.05) is 26.3 Å². The van der Waals surface area contributed by atoms with Crippen molar-refractivity contribution in [3.63, 3.8) is 0 Å². The number of ketones is 1. The Morgan fingerprint density at radius 2 is 1.88 bits per heavy atom. The molecule has 0 aromatic carbocycles. The average molecular weight is 229 g/mol. The van der Waals surface area contributed by atoms with Crippen LogP contribution in [0.1, 0.15) is 52.4 Å². The Hall–Kier alpha value is -0.410. The van der Waals surface area contributed by atoms with Crippen LogP contribution in [-0.4, -0.2) is 32.1 Å². The topological polar surface area (TPSA) is 38.3 Å². The standard InChI is InChI=1S/C13H27NO2/c1-3-4-11-16-12-10-14-9-7-5-6-8-13(2)15/h14H,3-12H2,1-2H3. The van der Waals surface area contributed by atoms with Gasteiger partial charge in [0, 0.05) is 19.6 Å². The van der Waals surface area contributed by atoms with Gasteiger partial charge in [0.15, 0.2) is 0 Å². The van der Waals surface area contributed by atoms with Gasteiger partial charge < -0.3 is 14.8 Å². The highest BCUT2D eigenvalue weighted by molar-refractivity contribution is 5.75. The molecule has 0 aliphatic rings. The van der Waals surface area contributed by atoms with Gasteiger partial charge >= 0.3 is 0 Å². The van der Waals surface area contributed by atoms with Crippen molar-refractivity contribution in [2.24, 2.45) is 0 Å². The largest absolute Gasteiger partial charge is 0.380 e. The van der Waals surface area contributed by atoms with Crippen LogP contribution in [0, 0.1) is 0 Å². The molecular formula is C13H27NO2. The van der Waals surface area contributed by atoms with E-state index < -0.39 is 0 Å². The van der Waals surface area contributed by atoms with E-state index in [0.29, 0.717) is 5.78 Å². The van der Waals surface area contributed by atoms with Crippen LogP contribution < -0.4 is 5.32 Å². The van der Waals surface area contributed by atoms with Crippen molar-refractivity contribution in [2.45, 2.75) is 52.4 Å². The first-order valence-corrected chi connectivity index (χ1v) is 6.55. The minimum atomic E-state index is 0.303. The number of ether oxygens (including phenoxy) is 1. The normalized spacial score (nSPS) is 10.6. The lowest BCUT2D eigenvalue weighted by atomic mass is 10.1. The smallest absolute Gasteiger partial charge is 0.129 e. The highest BCUT2D eigenvalue weighted by Crippen LogP contribution is 1.99. The number of nitrogens with one attached hydrogen (secondary N) is 1. The molecule has 0 spiro atoms. The van der Waals surface area contributed by atoms with Crippen LogP contribution in [0.2, 0.25) is 0 Å². The van der Waals surface area contributed by atoms with E-state index in [0.717, 1.165) is 58.4 Å². The van der Waals surface area contributed by atoms with E-state index in [1.165, 1.54) is 6.42 Å². The SMILES string of the molecule is CCCCOCCNCCCCCC(C)=O. The van der Waals surface area contributed by atoms with Gasteiger partial charge in [0.05, 0.1) is 6.61 Å². The first kappa shape index (κ1) is 15.6. The Balaban J connectivity index is 2.90. The summed E-state index contributed by atoms with van der Waals surface area (Å²) in [5.74, 6) is 0.303. The van der Waals surface area contributed by atoms with Gasteiger partial charge in [0.2, 0.25) is 0 Å². The van der Waals surface area contributed by atoms with Crippen molar-refractivity contribution in [3.8, 4) is 0 Å². The van der Waals surface area contributed by atoms with Crippen LogP contribution in [0.4, 0.5) is 0 Å². The Morgan fingerprint density at radius 3 is 2.56 bits per heavy atom. The van der Waals surface area contributed by atoms with Crippen molar-refractivity contribution in [3.05, 3.63) is 0 Å². The fourth-order valence-corrected chi connectivity index (χ4v) is 1.42. The average Bonchev–Trinajstić information content (AvgIpc) is 2.25. The van der Waals surface area contributed by atoms with E-state index >= 15 is 0 Å². The third-order valence-electron chi connectivity index (χ3n) is 2.45. The Bertz CT molecular complexity index is 160. The van der Waals surface area contributed by atoms with Crippen molar-refractivity contribution in [1.82, 2.24) is 5.32 Å². The molecular weight excluding hydrogens is 202 g/mol. The summed E-state index contributed by atoms with van der Waals surface area (Å²) < 4.78 is 5.43. The van der Waals surface area contributed by atoms with Crippen molar-refractivity contribution < 1.29 is 9.53 Å². The van der Waals surface area contributed by atoms with Crippen LogP contribution in [0.5, 0.6) is 0 Å². The minimum absolute atomic E-state index is 0.303. The zero-order valence-electron chi connectivity index (χ0n) is 10.9. The molecule has 0 bridgehead atoms. The van der Waals surface area contributed by atoms with E-state index in [-0.39, 0.29) is 0 Å². The molecule has 3 heteroatoms. The summed E-state index contributed by atoms with van der Waals surface area (Å²) in [5.41, 5.74) is 0. The lowest BCUT2D eigenvalue weighted by Crippen LogP contribution is -2.21. The quantitative estimate of drug-likeness (QED) is 0.523. The second-order valence-electron chi connectivity index (χ2n) is 4.23. The van der Waals surface area contributed by atoms with Gasteiger partial charge in [-0.05, 0) is 32.7 Å². The van der Waals surface area contributed by atoms with E-state index in [4.69, 9.17) is 4.74 Å². The van der Waals surface area contributed by atoms with Gasteiger partial charge in [-0.1, -0.05) is 19.8 Å². The molecule has 0 saturated heterocycles. The molecule has 0 aromatic heterocycles. The van der Waals surface area contributed by atoms with Crippen LogP contribution >= 0.6 is 0 Å². The molecule has 0 radical (unpaired) electrons. The maximum absolute atomic E-state index is 10.7. The number of hydrogen-bond acceptors (Lipinski definition) is 3. The summed E-state index contributed by atoms with van der Waals surface area (Å²) >= 11 is 0. The highest BCUT2D eigenvalue weighted by Gasteiger charge is 1.94. The Morgan fingerprint density at radius 1 is 1.06 bits per heavy atom. The third kappa shape index (κ3) is 13.6. The number of carbonyl (C=O) groups is 1. The number of rotatable bonds is 12. The fraction of sp³-hybridized carbons (Fsp3) is 0.923. The monoisotopic (exact) mass is 229 g/mol. The first-order chi connectivity index (χ1) is 7.77. The molecule has 0 unspecified atom stereocenters. The molecule has 0 amide bonds. The summed E-state index contributed by atoms with van der Waals surface area (Å²) in [6, 6.07) is 0. The number of unbranched alkanes of at least 4 members (excludes halogenated alkanes) is 3. The number of carbonyl (C=O) groups excluding carboxylic acids is 1. The van der Waals surface area contributed by atoms with E-state index in [9.17, 15) is 4.79 Å². The Labute approximate surface area is 99.9 Å². The van der Waals surface area contributed by atoms with E-state index in [1.54, 1.807) is 6.92 Å². The molecule has 0 rings (SSSR count). The van der Waals surface area contributed by atoms with Crippen molar-refractivity contribution in [1.29, 1.82) is 0 Å². The number of hydrogen-bond donors (Lipinski definition) is 1. The van der Waals surface area contributed by atoms with Gasteiger partial charge in [0.1, 0.15) is 5.78 Å².